The van der Waals surface area contributed by atoms with Crippen molar-refractivity contribution in [2.75, 3.05) is 7.05 Å². The van der Waals surface area contributed by atoms with Crippen LogP contribution >= 0.6 is 0 Å². The number of fused-ring (bicyclic) bond motifs is 1. The molecule has 3 aromatic rings. The van der Waals surface area contributed by atoms with E-state index in [-0.39, 0.29) is 11.8 Å². The molecule has 0 atom stereocenters. The normalized spacial score (nSPS) is 11.4. The van der Waals surface area contributed by atoms with E-state index in [9.17, 15) is 4.79 Å². The molecule has 0 radical (unpaired) electrons. The van der Waals surface area contributed by atoms with Crippen LogP contribution in [0.1, 0.15) is 59.8 Å². The first-order chi connectivity index (χ1) is 11.9. The number of benzene rings is 1. The van der Waals surface area contributed by atoms with Crippen LogP contribution in [0.4, 0.5) is 0 Å². The molecule has 3 rings (SSSR count). The molecule has 5 heteroatoms. The van der Waals surface area contributed by atoms with E-state index in [0.29, 0.717) is 23.6 Å². The molecule has 132 valence electrons. The van der Waals surface area contributed by atoms with Crippen molar-refractivity contribution in [3.05, 3.63) is 52.6 Å². The van der Waals surface area contributed by atoms with Crippen LogP contribution in [0, 0.1) is 6.92 Å². The fourth-order valence-electron chi connectivity index (χ4n) is 3.15. The molecular formula is C20H24N2O3. The van der Waals surface area contributed by atoms with Gasteiger partial charge in [0.15, 0.2) is 5.76 Å². The summed E-state index contributed by atoms with van der Waals surface area (Å²) in [6.45, 7) is 8.34. The van der Waals surface area contributed by atoms with Crippen molar-refractivity contribution >= 4 is 16.9 Å². The van der Waals surface area contributed by atoms with E-state index in [2.05, 4.69) is 12.1 Å². The molecule has 0 saturated carbocycles. The smallest absolute Gasteiger partial charge is 0.259 e. The Labute approximate surface area is 147 Å². The van der Waals surface area contributed by atoms with E-state index in [4.69, 9.17) is 8.94 Å². The average molecular weight is 340 g/mol. The molecular weight excluding hydrogens is 316 g/mol. The number of nitrogens with zero attached hydrogens (tertiary/aromatic N) is 2. The maximum atomic E-state index is 13.0. The Morgan fingerprint density at radius 1 is 1.28 bits per heavy atom. The Kier molecular flexibility index (Phi) is 4.66. The molecule has 0 N–H and O–H groups in total. The molecule has 0 aliphatic carbocycles. The topological polar surface area (TPSA) is 59.5 Å². The summed E-state index contributed by atoms with van der Waals surface area (Å²) in [6.07, 6.45) is 0.787. The lowest BCUT2D eigenvalue weighted by atomic mass is 10.0. The number of carbonyl (C=O) groups excluding carboxylic acids is 1. The zero-order valence-corrected chi connectivity index (χ0v) is 15.4. The molecule has 0 unspecified atom stereocenters. The maximum absolute atomic E-state index is 13.0. The van der Waals surface area contributed by atoms with Crippen molar-refractivity contribution in [3.63, 3.8) is 0 Å². The van der Waals surface area contributed by atoms with Gasteiger partial charge < -0.3 is 13.8 Å². The van der Waals surface area contributed by atoms with Crippen LogP contribution in [-0.2, 0) is 13.0 Å². The average Bonchev–Trinajstić information content (AvgIpc) is 3.15. The van der Waals surface area contributed by atoms with Gasteiger partial charge in [-0.05, 0) is 13.0 Å². The second-order valence-electron chi connectivity index (χ2n) is 6.68. The van der Waals surface area contributed by atoms with E-state index in [1.807, 2.05) is 38.1 Å². The van der Waals surface area contributed by atoms with Crippen molar-refractivity contribution in [3.8, 4) is 0 Å². The summed E-state index contributed by atoms with van der Waals surface area (Å²) < 4.78 is 11.3. The molecule has 0 aliphatic heterocycles. The van der Waals surface area contributed by atoms with E-state index < -0.39 is 0 Å². The van der Waals surface area contributed by atoms with Crippen LogP contribution < -0.4 is 0 Å². The predicted molar refractivity (Wildman–Crippen MR) is 96.7 cm³/mol. The Hall–Kier alpha value is -2.56. The van der Waals surface area contributed by atoms with Crippen LogP contribution in [0.5, 0.6) is 0 Å². The van der Waals surface area contributed by atoms with Crippen molar-refractivity contribution in [1.82, 2.24) is 10.1 Å². The summed E-state index contributed by atoms with van der Waals surface area (Å²) in [6, 6.07) is 7.94. The largest absolute Gasteiger partial charge is 0.461 e. The van der Waals surface area contributed by atoms with Crippen LogP contribution in [0.3, 0.4) is 0 Å². The first-order valence-corrected chi connectivity index (χ1v) is 8.64. The number of hydrogen-bond donors (Lipinski definition) is 0. The van der Waals surface area contributed by atoms with Gasteiger partial charge in [0.25, 0.3) is 5.91 Å². The van der Waals surface area contributed by atoms with Gasteiger partial charge in [0.1, 0.15) is 16.9 Å². The molecule has 25 heavy (non-hydrogen) atoms. The molecule has 0 bridgehead atoms. The van der Waals surface area contributed by atoms with Gasteiger partial charge in [-0.1, -0.05) is 44.1 Å². The molecule has 0 spiro atoms. The van der Waals surface area contributed by atoms with Gasteiger partial charge >= 0.3 is 0 Å². The minimum Gasteiger partial charge on any atom is -0.461 e. The lowest BCUT2D eigenvalue weighted by molar-refractivity contribution is 0.0781. The number of carbonyl (C=O) groups is 1. The summed E-state index contributed by atoms with van der Waals surface area (Å²) >= 11 is 0. The van der Waals surface area contributed by atoms with Gasteiger partial charge in [0.05, 0.1) is 5.69 Å². The minimum atomic E-state index is -0.0743. The number of aryl methyl sites for hydroxylation is 2. The van der Waals surface area contributed by atoms with E-state index >= 15 is 0 Å². The molecule has 5 nitrogen and oxygen atoms in total. The number of para-hydroxylation sites is 1. The molecule has 2 aromatic heterocycles. The van der Waals surface area contributed by atoms with E-state index in [1.54, 1.807) is 18.9 Å². The third-order valence-electron chi connectivity index (χ3n) is 4.47. The zero-order chi connectivity index (χ0) is 18.1. The zero-order valence-electron chi connectivity index (χ0n) is 15.4. The summed E-state index contributed by atoms with van der Waals surface area (Å²) in [5, 5.41) is 5.04. The third-order valence-corrected chi connectivity index (χ3v) is 4.47. The van der Waals surface area contributed by atoms with Crippen molar-refractivity contribution in [1.29, 1.82) is 0 Å². The molecule has 1 amide bonds. The summed E-state index contributed by atoms with van der Waals surface area (Å²) in [7, 11) is 1.81. The monoisotopic (exact) mass is 340 g/mol. The number of amides is 1. The Morgan fingerprint density at radius 2 is 2.00 bits per heavy atom. The van der Waals surface area contributed by atoms with Gasteiger partial charge in [0, 0.05) is 36.9 Å². The molecule has 1 aromatic carbocycles. The van der Waals surface area contributed by atoms with Gasteiger partial charge in [0.2, 0.25) is 0 Å². The fraction of sp³-hybridized carbons (Fsp3) is 0.400. The quantitative estimate of drug-likeness (QED) is 0.676. The highest BCUT2D eigenvalue weighted by molar-refractivity contribution is 5.96. The number of aromatic nitrogens is 1. The lowest BCUT2D eigenvalue weighted by Gasteiger charge is -2.18. The van der Waals surface area contributed by atoms with Gasteiger partial charge in [-0.2, -0.15) is 0 Å². The van der Waals surface area contributed by atoms with Crippen LogP contribution in [0.25, 0.3) is 11.0 Å². The highest BCUT2D eigenvalue weighted by Gasteiger charge is 2.26. The number of furan rings is 1. The van der Waals surface area contributed by atoms with Crippen LogP contribution in [-0.4, -0.2) is 23.0 Å². The molecule has 0 aliphatic rings. The summed E-state index contributed by atoms with van der Waals surface area (Å²) in [5.74, 6) is 1.60. The standard InChI is InChI=1S/C20H24N2O3/c1-6-16-15(14-9-7-8-10-17(14)24-16)11-22(5)20(23)18-13(4)21-25-19(18)12(2)3/h7-10,12H,6,11H2,1-5H3. The summed E-state index contributed by atoms with van der Waals surface area (Å²) in [5.41, 5.74) is 3.13. The SMILES string of the molecule is CCc1oc2ccccc2c1CN(C)C(=O)c1c(C)noc1C(C)C. The number of hydrogen-bond acceptors (Lipinski definition) is 4. The number of rotatable bonds is 5. The maximum Gasteiger partial charge on any atom is 0.259 e. The Balaban J connectivity index is 1.94. The van der Waals surface area contributed by atoms with Gasteiger partial charge in [-0.3, -0.25) is 4.79 Å². The highest BCUT2D eigenvalue weighted by Crippen LogP contribution is 2.29. The first kappa shape index (κ1) is 17.3. The van der Waals surface area contributed by atoms with Gasteiger partial charge in [-0.25, -0.2) is 0 Å². The van der Waals surface area contributed by atoms with Crippen molar-refractivity contribution < 1.29 is 13.7 Å². The Morgan fingerprint density at radius 3 is 2.68 bits per heavy atom. The summed E-state index contributed by atoms with van der Waals surface area (Å²) in [4.78, 5) is 14.7. The first-order valence-electron chi connectivity index (χ1n) is 8.64. The van der Waals surface area contributed by atoms with Crippen molar-refractivity contribution in [2.45, 2.75) is 46.6 Å². The lowest BCUT2D eigenvalue weighted by Crippen LogP contribution is -2.27. The van der Waals surface area contributed by atoms with E-state index in [1.165, 1.54) is 0 Å². The third kappa shape index (κ3) is 3.06. The second-order valence-corrected chi connectivity index (χ2v) is 6.68. The van der Waals surface area contributed by atoms with Crippen LogP contribution in [0.15, 0.2) is 33.2 Å². The highest BCUT2D eigenvalue weighted by atomic mass is 16.5. The molecule has 0 fully saturated rings. The van der Waals surface area contributed by atoms with Gasteiger partial charge in [-0.15, -0.1) is 0 Å². The van der Waals surface area contributed by atoms with Crippen molar-refractivity contribution in [2.24, 2.45) is 0 Å². The Bertz CT molecular complexity index is 905. The predicted octanol–water partition coefficient (Wildman–Crippen LogP) is 4.69. The van der Waals surface area contributed by atoms with Crippen LogP contribution in [0.2, 0.25) is 0 Å². The van der Waals surface area contributed by atoms with E-state index in [0.717, 1.165) is 28.7 Å². The molecule has 0 saturated heterocycles. The minimum absolute atomic E-state index is 0.0743. The second kappa shape index (κ2) is 6.75. The molecule has 2 heterocycles. The fourth-order valence-corrected chi connectivity index (χ4v) is 3.15.